The minimum atomic E-state index is -0.292. The summed E-state index contributed by atoms with van der Waals surface area (Å²) in [5, 5.41) is 4.80. The van der Waals surface area contributed by atoms with Crippen molar-refractivity contribution in [3.05, 3.63) is 69.7 Å². The van der Waals surface area contributed by atoms with Gasteiger partial charge < -0.3 is 0 Å². The lowest BCUT2D eigenvalue weighted by atomic mass is 10.2. The molecular formula is C14H10Cl2N2O. The maximum Gasteiger partial charge on any atom is 0.271 e. The number of hydrogen-bond acceptors (Lipinski definition) is 2. The highest BCUT2D eigenvalue weighted by Crippen LogP contribution is 2.21. The molecule has 96 valence electrons. The van der Waals surface area contributed by atoms with Crippen molar-refractivity contribution in [3.8, 4) is 0 Å². The third-order valence-electron chi connectivity index (χ3n) is 2.40. The number of hydrogen-bond donors (Lipinski definition) is 1. The third-order valence-corrected chi connectivity index (χ3v) is 3.05. The summed E-state index contributed by atoms with van der Waals surface area (Å²) in [6, 6.07) is 13.9. The number of nitrogens with one attached hydrogen (secondary N) is 1. The van der Waals surface area contributed by atoms with Crippen molar-refractivity contribution in [2.75, 3.05) is 0 Å². The van der Waals surface area contributed by atoms with E-state index >= 15 is 0 Å². The van der Waals surface area contributed by atoms with Crippen LogP contribution in [0.15, 0.2) is 53.6 Å². The van der Waals surface area contributed by atoms with Gasteiger partial charge in [-0.2, -0.15) is 5.10 Å². The van der Waals surface area contributed by atoms with Crippen LogP contribution < -0.4 is 5.43 Å². The molecule has 0 spiro atoms. The molecule has 0 bridgehead atoms. The van der Waals surface area contributed by atoms with Gasteiger partial charge in [0.05, 0.1) is 16.3 Å². The molecule has 1 amide bonds. The molecule has 1 N–H and O–H groups in total. The number of carbonyl (C=O) groups excluding carboxylic acids is 1. The van der Waals surface area contributed by atoms with E-state index in [4.69, 9.17) is 23.2 Å². The molecule has 19 heavy (non-hydrogen) atoms. The van der Waals surface area contributed by atoms with E-state index in [1.807, 2.05) is 6.07 Å². The second-order valence-corrected chi connectivity index (χ2v) is 4.51. The highest BCUT2D eigenvalue weighted by Gasteiger charge is 2.04. The Bertz CT molecular complexity index is 592. The SMILES string of the molecule is O=C(N/N=C/c1c(Cl)cccc1Cl)c1ccccc1. The van der Waals surface area contributed by atoms with Crippen LogP contribution in [0.25, 0.3) is 0 Å². The molecule has 5 heteroatoms. The Morgan fingerprint density at radius 3 is 2.26 bits per heavy atom. The average molecular weight is 293 g/mol. The topological polar surface area (TPSA) is 41.5 Å². The zero-order valence-corrected chi connectivity index (χ0v) is 11.3. The summed E-state index contributed by atoms with van der Waals surface area (Å²) in [6.07, 6.45) is 1.42. The molecule has 0 aliphatic heterocycles. The summed E-state index contributed by atoms with van der Waals surface area (Å²) in [7, 11) is 0. The van der Waals surface area contributed by atoms with Crippen molar-refractivity contribution in [3.63, 3.8) is 0 Å². The Hall–Kier alpha value is -1.84. The lowest BCUT2D eigenvalue weighted by Crippen LogP contribution is -2.17. The first-order valence-corrected chi connectivity index (χ1v) is 6.26. The Labute approximate surface area is 120 Å². The quantitative estimate of drug-likeness (QED) is 0.679. The first-order valence-electron chi connectivity index (χ1n) is 5.51. The Kier molecular flexibility index (Phi) is 4.55. The normalized spacial score (nSPS) is 10.6. The predicted molar refractivity (Wildman–Crippen MR) is 78.0 cm³/mol. The average Bonchev–Trinajstić information content (AvgIpc) is 2.43. The van der Waals surface area contributed by atoms with E-state index in [9.17, 15) is 4.79 Å². The molecule has 0 atom stereocenters. The molecule has 0 unspecified atom stereocenters. The van der Waals surface area contributed by atoms with Crippen LogP contribution in [0.5, 0.6) is 0 Å². The van der Waals surface area contributed by atoms with Crippen molar-refractivity contribution in [2.45, 2.75) is 0 Å². The van der Waals surface area contributed by atoms with Gasteiger partial charge >= 0.3 is 0 Å². The van der Waals surface area contributed by atoms with Gasteiger partial charge in [0.2, 0.25) is 0 Å². The Morgan fingerprint density at radius 1 is 1.00 bits per heavy atom. The molecule has 0 aromatic heterocycles. The van der Waals surface area contributed by atoms with Gasteiger partial charge in [0, 0.05) is 11.1 Å². The van der Waals surface area contributed by atoms with Crippen LogP contribution in [0.1, 0.15) is 15.9 Å². The van der Waals surface area contributed by atoms with Gasteiger partial charge in [-0.15, -0.1) is 0 Å². The Balaban J connectivity index is 2.07. The van der Waals surface area contributed by atoms with Gasteiger partial charge in [0.25, 0.3) is 5.91 Å². The molecule has 0 heterocycles. The molecule has 0 aliphatic rings. The summed E-state index contributed by atoms with van der Waals surface area (Å²) in [6.45, 7) is 0. The molecule has 0 radical (unpaired) electrons. The summed E-state index contributed by atoms with van der Waals surface area (Å²) in [5.41, 5.74) is 3.52. The Morgan fingerprint density at radius 2 is 1.63 bits per heavy atom. The number of hydrazone groups is 1. The third kappa shape index (κ3) is 3.56. The van der Waals surface area contributed by atoms with Crippen molar-refractivity contribution in [1.29, 1.82) is 0 Å². The number of nitrogens with zero attached hydrogens (tertiary/aromatic N) is 1. The molecule has 2 aromatic rings. The van der Waals surface area contributed by atoms with E-state index in [1.165, 1.54) is 6.21 Å². The standard InChI is InChI=1S/C14H10Cl2N2O/c15-12-7-4-8-13(16)11(12)9-17-18-14(19)10-5-2-1-3-6-10/h1-9H,(H,18,19)/b17-9+. The molecule has 0 saturated carbocycles. The highest BCUT2D eigenvalue weighted by molar-refractivity contribution is 6.38. The molecule has 3 nitrogen and oxygen atoms in total. The van der Waals surface area contributed by atoms with Crippen LogP contribution in [-0.2, 0) is 0 Å². The van der Waals surface area contributed by atoms with Gasteiger partial charge in [0.15, 0.2) is 0 Å². The fraction of sp³-hybridized carbons (Fsp3) is 0. The molecule has 2 rings (SSSR count). The molecule has 0 saturated heterocycles. The van der Waals surface area contributed by atoms with Crippen LogP contribution in [0, 0.1) is 0 Å². The van der Waals surface area contributed by atoms with Gasteiger partial charge in [0.1, 0.15) is 0 Å². The number of carbonyl (C=O) groups is 1. The van der Waals surface area contributed by atoms with Crippen molar-refractivity contribution in [2.24, 2.45) is 5.10 Å². The molecule has 2 aromatic carbocycles. The highest BCUT2D eigenvalue weighted by atomic mass is 35.5. The second-order valence-electron chi connectivity index (χ2n) is 3.70. The molecule has 0 fully saturated rings. The fourth-order valence-electron chi connectivity index (χ4n) is 1.44. The summed E-state index contributed by atoms with van der Waals surface area (Å²) < 4.78 is 0. The van der Waals surface area contributed by atoms with Gasteiger partial charge in [-0.3, -0.25) is 4.79 Å². The first-order chi connectivity index (χ1) is 9.18. The zero-order valence-electron chi connectivity index (χ0n) is 9.81. The minimum absolute atomic E-state index is 0.292. The van der Waals surface area contributed by atoms with Gasteiger partial charge in [-0.1, -0.05) is 47.5 Å². The largest absolute Gasteiger partial charge is 0.271 e. The minimum Gasteiger partial charge on any atom is -0.267 e. The van der Waals surface area contributed by atoms with Crippen molar-refractivity contribution in [1.82, 2.24) is 5.43 Å². The second kappa shape index (κ2) is 6.36. The first kappa shape index (κ1) is 13.6. The smallest absolute Gasteiger partial charge is 0.267 e. The van der Waals surface area contributed by atoms with Crippen LogP contribution in [0.2, 0.25) is 10.0 Å². The van der Waals surface area contributed by atoms with Gasteiger partial charge in [-0.05, 0) is 24.3 Å². The molecule has 0 aliphatic carbocycles. The van der Waals surface area contributed by atoms with E-state index in [-0.39, 0.29) is 5.91 Å². The monoisotopic (exact) mass is 292 g/mol. The summed E-state index contributed by atoms with van der Waals surface area (Å²) >= 11 is 11.9. The zero-order chi connectivity index (χ0) is 13.7. The van der Waals surface area contributed by atoms with E-state index < -0.39 is 0 Å². The summed E-state index contributed by atoms with van der Waals surface area (Å²) in [5.74, 6) is -0.292. The summed E-state index contributed by atoms with van der Waals surface area (Å²) in [4.78, 5) is 11.7. The number of halogens is 2. The van der Waals surface area contributed by atoms with E-state index in [0.29, 0.717) is 21.2 Å². The molecular weight excluding hydrogens is 283 g/mol. The number of benzene rings is 2. The van der Waals surface area contributed by atoms with Crippen LogP contribution >= 0.6 is 23.2 Å². The fourth-order valence-corrected chi connectivity index (χ4v) is 1.94. The predicted octanol–water partition coefficient (Wildman–Crippen LogP) is 3.76. The van der Waals surface area contributed by atoms with Gasteiger partial charge in [-0.25, -0.2) is 5.43 Å². The maximum absolute atomic E-state index is 11.7. The van der Waals surface area contributed by atoms with Crippen molar-refractivity contribution < 1.29 is 4.79 Å². The van der Waals surface area contributed by atoms with E-state index in [2.05, 4.69) is 10.5 Å². The maximum atomic E-state index is 11.7. The van der Waals surface area contributed by atoms with E-state index in [0.717, 1.165) is 0 Å². The van der Waals surface area contributed by atoms with Crippen molar-refractivity contribution >= 4 is 35.3 Å². The number of amides is 1. The lowest BCUT2D eigenvalue weighted by molar-refractivity contribution is 0.0955. The van der Waals surface area contributed by atoms with E-state index in [1.54, 1.807) is 42.5 Å². The van der Waals surface area contributed by atoms with Crippen LogP contribution in [0.3, 0.4) is 0 Å². The lowest BCUT2D eigenvalue weighted by Gasteiger charge is -2.01. The number of rotatable bonds is 3. The van der Waals surface area contributed by atoms with Crippen LogP contribution in [0.4, 0.5) is 0 Å². The van der Waals surface area contributed by atoms with Crippen LogP contribution in [-0.4, -0.2) is 12.1 Å².